The molecule has 0 saturated carbocycles. The predicted octanol–water partition coefficient (Wildman–Crippen LogP) is 3.86. The van der Waals surface area contributed by atoms with E-state index in [-0.39, 0.29) is 5.91 Å². The molecule has 1 aromatic carbocycles. The summed E-state index contributed by atoms with van der Waals surface area (Å²) in [5.41, 5.74) is 1.40. The van der Waals surface area contributed by atoms with Gasteiger partial charge in [-0.05, 0) is 43.4 Å². The van der Waals surface area contributed by atoms with Crippen LogP contribution in [0, 0.1) is 0 Å². The van der Waals surface area contributed by atoms with Crippen LogP contribution in [0.3, 0.4) is 0 Å². The maximum atomic E-state index is 12.2. The highest BCUT2D eigenvalue weighted by Crippen LogP contribution is 2.39. The Morgan fingerprint density at radius 2 is 2.04 bits per heavy atom. The number of thioether (sulfide) groups is 1. The van der Waals surface area contributed by atoms with Crippen LogP contribution < -0.4 is 10.1 Å². The summed E-state index contributed by atoms with van der Waals surface area (Å²) < 4.78 is 5.59. The molecule has 0 unspecified atom stereocenters. The van der Waals surface area contributed by atoms with Gasteiger partial charge in [0, 0.05) is 10.3 Å². The van der Waals surface area contributed by atoms with Gasteiger partial charge in [-0.2, -0.15) is 0 Å². The zero-order chi connectivity index (χ0) is 18.5. The predicted molar refractivity (Wildman–Crippen MR) is 110 cm³/mol. The molecule has 0 spiro atoms. The number of aryl methyl sites for hydroxylation is 2. The quantitative estimate of drug-likeness (QED) is 0.371. The third-order valence-corrected chi connectivity index (χ3v) is 6.68. The van der Waals surface area contributed by atoms with E-state index in [0.29, 0.717) is 18.9 Å². The van der Waals surface area contributed by atoms with Crippen LogP contribution in [0.4, 0.5) is 0 Å². The van der Waals surface area contributed by atoms with Crippen molar-refractivity contribution < 1.29 is 9.53 Å². The number of hydrogen-bond donors (Lipinski definition) is 1. The summed E-state index contributed by atoms with van der Waals surface area (Å²) in [5.74, 6) is 1.15. The summed E-state index contributed by atoms with van der Waals surface area (Å²) in [6.45, 7) is 0.942. The van der Waals surface area contributed by atoms with Crippen LogP contribution >= 0.6 is 23.1 Å². The number of fused-ring (bicyclic) bond motifs is 3. The number of amides is 1. The number of nitrogens with zero attached hydrogens (tertiary/aromatic N) is 2. The average Bonchev–Trinajstić information content (AvgIpc) is 3.10. The van der Waals surface area contributed by atoms with Gasteiger partial charge in [-0.25, -0.2) is 9.97 Å². The normalized spacial score (nSPS) is 13.3. The summed E-state index contributed by atoms with van der Waals surface area (Å²) in [7, 11) is 0. The Labute approximate surface area is 166 Å². The first-order valence-electron chi connectivity index (χ1n) is 9.14. The van der Waals surface area contributed by atoms with Crippen LogP contribution in [0.25, 0.3) is 10.2 Å². The molecular weight excluding hydrogens is 378 g/mol. The summed E-state index contributed by atoms with van der Waals surface area (Å²) in [6, 6.07) is 9.60. The monoisotopic (exact) mass is 399 g/mol. The Hall–Kier alpha value is -2.12. The molecule has 1 aliphatic rings. The van der Waals surface area contributed by atoms with Gasteiger partial charge in [0.15, 0.2) is 0 Å². The summed E-state index contributed by atoms with van der Waals surface area (Å²) in [5, 5.41) is 5.00. The number of nitrogens with one attached hydrogen (secondary N) is 1. The van der Waals surface area contributed by atoms with Gasteiger partial charge in [-0.1, -0.05) is 30.0 Å². The Balaban J connectivity index is 1.31. The largest absolute Gasteiger partial charge is 0.492 e. The van der Waals surface area contributed by atoms with Gasteiger partial charge < -0.3 is 10.1 Å². The summed E-state index contributed by atoms with van der Waals surface area (Å²) in [4.78, 5) is 23.5. The fourth-order valence-corrected chi connectivity index (χ4v) is 5.38. The van der Waals surface area contributed by atoms with Gasteiger partial charge in [-0.3, -0.25) is 4.79 Å². The molecule has 5 nitrogen and oxygen atoms in total. The molecular formula is C20H21N3O2S2. The fourth-order valence-electron chi connectivity index (χ4n) is 3.23. The Morgan fingerprint density at radius 3 is 2.93 bits per heavy atom. The fraction of sp³-hybridized carbons (Fsp3) is 0.350. The summed E-state index contributed by atoms with van der Waals surface area (Å²) >= 11 is 3.27. The minimum absolute atomic E-state index is 0.00692. The zero-order valence-electron chi connectivity index (χ0n) is 14.9. The van der Waals surface area contributed by atoms with E-state index in [1.165, 1.54) is 40.4 Å². The van der Waals surface area contributed by atoms with Crippen molar-refractivity contribution in [1.82, 2.24) is 15.3 Å². The van der Waals surface area contributed by atoms with Crippen molar-refractivity contribution in [1.29, 1.82) is 0 Å². The summed E-state index contributed by atoms with van der Waals surface area (Å²) in [6.07, 6.45) is 6.32. The molecule has 1 aliphatic carbocycles. The number of aromatic nitrogens is 2. The molecule has 3 aromatic rings. The van der Waals surface area contributed by atoms with Gasteiger partial charge in [0.25, 0.3) is 0 Å². The van der Waals surface area contributed by atoms with Crippen molar-refractivity contribution in [2.75, 3.05) is 18.9 Å². The van der Waals surface area contributed by atoms with Crippen molar-refractivity contribution in [2.24, 2.45) is 0 Å². The second kappa shape index (κ2) is 8.71. The molecule has 1 amide bonds. The highest BCUT2D eigenvalue weighted by Gasteiger charge is 2.20. The molecule has 0 fully saturated rings. The average molecular weight is 400 g/mol. The molecule has 0 radical (unpaired) electrons. The molecule has 7 heteroatoms. The van der Waals surface area contributed by atoms with Crippen molar-refractivity contribution in [3.63, 3.8) is 0 Å². The molecule has 0 atom stereocenters. The van der Waals surface area contributed by atoms with Gasteiger partial charge in [0.1, 0.15) is 28.5 Å². The first-order valence-corrected chi connectivity index (χ1v) is 10.9. The van der Waals surface area contributed by atoms with E-state index in [4.69, 9.17) is 4.74 Å². The van der Waals surface area contributed by atoms with Crippen molar-refractivity contribution in [3.8, 4) is 5.75 Å². The van der Waals surface area contributed by atoms with Crippen LogP contribution in [0.1, 0.15) is 23.3 Å². The highest BCUT2D eigenvalue weighted by atomic mass is 32.2. The number of rotatable bonds is 7. The molecule has 0 aliphatic heterocycles. The topological polar surface area (TPSA) is 64.1 Å². The molecule has 140 valence electrons. The van der Waals surface area contributed by atoms with Gasteiger partial charge in [0.05, 0.1) is 12.3 Å². The number of benzene rings is 1. The first kappa shape index (κ1) is 18.3. The van der Waals surface area contributed by atoms with Gasteiger partial charge in [0.2, 0.25) is 5.91 Å². The Morgan fingerprint density at radius 1 is 1.19 bits per heavy atom. The molecule has 4 rings (SSSR count). The number of carbonyl (C=O) groups is 1. The van der Waals surface area contributed by atoms with E-state index in [2.05, 4.69) is 15.3 Å². The van der Waals surface area contributed by atoms with E-state index in [9.17, 15) is 4.79 Å². The van der Waals surface area contributed by atoms with Crippen LogP contribution in [-0.2, 0) is 17.6 Å². The van der Waals surface area contributed by atoms with Crippen LogP contribution in [0.2, 0.25) is 0 Å². The standard InChI is InChI=1S/C20H21N3O2S2/c24-17(21-10-11-25-14-6-2-1-3-7-14)12-26-19-18-15-8-4-5-9-16(15)27-20(18)23-13-22-19/h1-3,6-7,13H,4-5,8-12H2,(H,21,24). The van der Waals surface area contributed by atoms with E-state index >= 15 is 0 Å². The van der Waals surface area contributed by atoms with Crippen LogP contribution in [0.15, 0.2) is 41.7 Å². The lowest BCUT2D eigenvalue weighted by Gasteiger charge is -2.11. The number of para-hydroxylation sites is 1. The molecule has 2 aromatic heterocycles. The van der Waals surface area contributed by atoms with E-state index in [1.54, 1.807) is 17.7 Å². The molecule has 1 N–H and O–H groups in total. The molecule has 0 saturated heterocycles. The van der Waals surface area contributed by atoms with Gasteiger partial charge >= 0.3 is 0 Å². The number of hydrogen-bond acceptors (Lipinski definition) is 6. The smallest absolute Gasteiger partial charge is 0.230 e. The Kier molecular flexibility index (Phi) is 5.89. The van der Waals surface area contributed by atoms with Crippen molar-refractivity contribution >= 4 is 39.2 Å². The third kappa shape index (κ3) is 4.42. The molecule has 0 bridgehead atoms. The highest BCUT2D eigenvalue weighted by molar-refractivity contribution is 8.00. The van der Waals surface area contributed by atoms with Crippen LogP contribution in [-0.4, -0.2) is 34.8 Å². The number of thiophene rings is 1. The molecule has 2 heterocycles. The Bertz CT molecular complexity index is 928. The van der Waals surface area contributed by atoms with Crippen molar-refractivity contribution in [3.05, 3.63) is 47.1 Å². The van der Waals surface area contributed by atoms with E-state index in [1.807, 2.05) is 30.3 Å². The maximum absolute atomic E-state index is 12.2. The van der Waals surface area contributed by atoms with E-state index in [0.717, 1.165) is 28.4 Å². The minimum Gasteiger partial charge on any atom is -0.492 e. The van der Waals surface area contributed by atoms with Crippen LogP contribution in [0.5, 0.6) is 5.75 Å². The van der Waals surface area contributed by atoms with Gasteiger partial charge in [-0.15, -0.1) is 11.3 Å². The second-order valence-electron chi connectivity index (χ2n) is 6.37. The number of carbonyl (C=O) groups excluding carboxylic acids is 1. The second-order valence-corrected chi connectivity index (χ2v) is 8.42. The lowest BCUT2D eigenvalue weighted by molar-refractivity contribution is -0.118. The first-order chi connectivity index (χ1) is 13.3. The minimum atomic E-state index is -0.00692. The SMILES string of the molecule is O=C(CSc1ncnc2sc3c(c12)CCCC3)NCCOc1ccccc1. The third-order valence-electron chi connectivity index (χ3n) is 4.49. The molecule has 27 heavy (non-hydrogen) atoms. The van der Waals surface area contributed by atoms with Crippen molar-refractivity contribution in [2.45, 2.75) is 30.7 Å². The lowest BCUT2D eigenvalue weighted by Crippen LogP contribution is -2.29. The number of ether oxygens (including phenoxy) is 1. The van der Waals surface area contributed by atoms with E-state index < -0.39 is 0 Å². The zero-order valence-corrected chi connectivity index (χ0v) is 16.6. The lowest BCUT2D eigenvalue weighted by atomic mass is 9.97. The maximum Gasteiger partial charge on any atom is 0.230 e.